The van der Waals surface area contributed by atoms with Gasteiger partial charge in [0, 0.05) is 31.7 Å². The van der Waals surface area contributed by atoms with E-state index >= 15 is 0 Å². The van der Waals surface area contributed by atoms with Crippen LogP contribution < -0.4 is 4.74 Å². The van der Waals surface area contributed by atoms with Crippen LogP contribution in [0.2, 0.25) is 0 Å². The lowest BCUT2D eigenvalue weighted by Gasteiger charge is -2.34. The lowest BCUT2D eigenvalue weighted by molar-refractivity contribution is 0.216. The summed E-state index contributed by atoms with van der Waals surface area (Å²) in [6, 6.07) is 18.3. The number of likely N-dealkylation sites (N-methyl/N-ethyl adjacent to an activating group) is 1. The van der Waals surface area contributed by atoms with Crippen molar-refractivity contribution in [3.05, 3.63) is 60.2 Å². The molecule has 0 unspecified atom stereocenters. The largest absolute Gasteiger partial charge is 0.497 e. The summed E-state index contributed by atoms with van der Waals surface area (Å²) in [6.07, 6.45) is 0. The molecule has 0 spiro atoms. The molecule has 0 atom stereocenters. The van der Waals surface area contributed by atoms with Gasteiger partial charge in [0.15, 0.2) is 0 Å². The van der Waals surface area contributed by atoms with Gasteiger partial charge in [-0.1, -0.05) is 30.3 Å². The van der Waals surface area contributed by atoms with E-state index in [1.54, 1.807) is 7.11 Å². The van der Waals surface area contributed by atoms with Crippen molar-refractivity contribution in [1.29, 1.82) is 0 Å². The van der Waals surface area contributed by atoms with E-state index in [9.17, 15) is 0 Å². The van der Waals surface area contributed by atoms with Gasteiger partial charge in [-0.25, -0.2) is 4.99 Å². The zero-order chi connectivity index (χ0) is 16.1. The number of ether oxygens (including phenoxy) is 1. The molecular weight excluding hydrogens is 286 g/mol. The molecule has 0 aromatic heterocycles. The van der Waals surface area contributed by atoms with E-state index in [4.69, 9.17) is 9.73 Å². The van der Waals surface area contributed by atoms with Crippen molar-refractivity contribution in [1.82, 2.24) is 9.80 Å². The Kier molecular flexibility index (Phi) is 4.93. The molecule has 1 aliphatic heterocycles. The molecule has 3 rings (SSSR count). The van der Waals surface area contributed by atoms with E-state index in [1.165, 1.54) is 0 Å². The molecule has 0 saturated carbocycles. The lowest BCUT2D eigenvalue weighted by atomic mass is 10.1. The van der Waals surface area contributed by atoms with E-state index in [0.717, 1.165) is 49.0 Å². The van der Waals surface area contributed by atoms with Crippen LogP contribution in [-0.4, -0.2) is 56.0 Å². The van der Waals surface area contributed by atoms with Gasteiger partial charge in [0.05, 0.1) is 12.8 Å². The first-order valence-corrected chi connectivity index (χ1v) is 7.98. The molecule has 1 fully saturated rings. The third kappa shape index (κ3) is 3.90. The Morgan fingerprint density at radius 1 is 0.913 bits per heavy atom. The van der Waals surface area contributed by atoms with Crippen LogP contribution in [0.4, 0.5) is 5.69 Å². The van der Waals surface area contributed by atoms with Gasteiger partial charge in [0.25, 0.3) is 0 Å². The molecule has 4 heteroatoms. The van der Waals surface area contributed by atoms with Crippen LogP contribution in [0.3, 0.4) is 0 Å². The summed E-state index contributed by atoms with van der Waals surface area (Å²) in [4.78, 5) is 9.65. The minimum atomic E-state index is 0.852. The van der Waals surface area contributed by atoms with Crippen molar-refractivity contribution in [3.63, 3.8) is 0 Å². The van der Waals surface area contributed by atoms with Gasteiger partial charge in [-0.05, 0) is 31.3 Å². The maximum atomic E-state index is 5.22. The fourth-order valence-electron chi connectivity index (χ4n) is 2.70. The highest BCUT2D eigenvalue weighted by Crippen LogP contribution is 2.20. The topological polar surface area (TPSA) is 28.1 Å². The number of hydrogen-bond donors (Lipinski definition) is 0. The SMILES string of the molecule is COc1ccc(N=C(c2ccccc2)N2CCN(C)CC2)cc1. The zero-order valence-corrected chi connectivity index (χ0v) is 13.8. The first kappa shape index (κ1) is 15.6. The molecule has 2 aromatic rings. The normalized spacial score (nSPS) is 16.4. The molecule has 0 radical (unpaired) electrons. The van der Waals surface area contributed by atoms with E-state index in [-0.39, 0.29) is 0 Å². The summed E-state index contributed by atoms with van der Waals surface area (Å²) in [5, 5.41) is 0. The maximum absolute atomic E-state index is 5.22. The highest BCUT2D eigenvalue weighted by Gasteiger charge is 2.18. The Bertz CT molecular complexity index is 644. The first-order chi connectivity index (χ1) is 11.3. The lowest BCUT2D eigenvalue weighted by Crippen LogP contribution is -2.47. The van der Waals surface area contributed by atoms with Gasteiger partial charge in [0.1, 0.15) is 11.6 Å². The number of hydrogen-bond acceptors (Lipinski definition) is 3. The first-order valence-electron chi connectivity index (χ1n) is 7.98. The van der Waals surface area contributed by atoms with Crippen molar-refractivity contribution in [3.8, 4) is 5.75 Å². The Hall–Kier alpha value is -2.33. The van der Waals surface area contributed by atoms with Gasteiger partial charge in [-0.3, -0.25) is 0 Å². The predicted octanol–water partition coefficient (Wildman–Crippen LogP) is 3.02. The molecule has 2 aromatic carbocycles. The van der Waals surface area contributed by atoms with Crippen LogP contribution in [0, 0.1) is 0 Å². The number of benzene rings is 2. The second-order valence-corrected chi connectivity index (χ2v) is 5.79. The molecule has 0 aliphatic carbocycles. The molecule has 1 heterocycles. The zero-order valence-electron chi connectivity index (χ0n) is 13.8. The summed E-state index contributed by atoms with van der Waals surface area (Å²) < 4.78 is 5.22. The van der Waals surface area contributed by atoms with Crippen molar-refractivity contribution in [2.45, 2.75) is 0 Å². The van der Waals surface area contributed by atoms with Crippen LogP contribution >= 0.6 is 0 Å². The average molecular weight is 309 g/mol. The minimum Gasteiger partial charge on any atom is -0.497 e. The van der Waals surface area contributed by atoms with E-state index in [2.05, 4.69) is 41.1 Å². The molecule has 0 amide bonds. The van der Waals surface area contributed by atoms with Gasteiger partial charge in [-0.2, -0.15) is 0 Å². The number of rotatable bonds is 3. The van der Waals surface area contributed by atoms with Crippen LogP contribution in [0.15, 0.2) is 59.6 Å². The molecule has 1 aliphatic rings. The van der Waals surface area contributed by atoms with Crippen molar-refractivity contribution in [2.75, 3.05) is 40.3 Å². The van der Waals surface area contributed by atoms with Crippen molar-refractivity contribution < 1.29 is 4.74 Å². The molecule has 0 N–H and O–H groups in total. The number of nitrogens with zero attached hydrogens (tertiary/aromatic N) is 3. The quantitative estimate of drug-likeness (QED) is 0.644. The Labute approximate surface area is 138 Å². The van der Waals surface area contributed by atoms with Gasteiger partial charge in [0.2, 0.25) is 0 Å². The second kappa shape index (κ2) is 7.29. The molecule has 4 nitrogen and oxygen atoms in total. The van der Waals surface area contributed by atoms with Crippen molar-refractivity contribution in [2.24, 2.45) is 4.99 Å². The van der Waals surface area contributed by atoms with Crippen LogP contribution in [0.25, 0.3) is 0 Å². The van der Waals surface area contributed by atoms with Crippen LogP contribution in [0.5, 0.6) is 5.75 Å². The fraction of sp³-hybridized carbons (Fsp3) is 0.316. The number of amidine groups is 1. The fourth-order valence-corrected chi connectivity index (χ4v) is 2.70. The number of aliphatic imine (C=N–C) groups is 1. The Morgan fingerprint density at radius 3 is 2.17 bits per heavy atom. The number of methoxy groups -OCH3 is 1. The minimum absolute atomic E-state index is 0.852. The Balaban J connectivity index is 1.92. The van der Waals surface area contributed by atoms with E-state index in [1.807, 2.05) is 30.3 Å². The summed E-state index contributed by atoms with van der Waals surface area (Å²) >= 11 is 0. The third-order valence-corrected chi connectivity index (χ3v) is 4.14. The van der Waals surface area contributed by atoms with Crippen LogP contribution in [0.1, 0.15) is 5.56 Å². The molecule has 120 valence electrons. The average Bonchev–Trinajstić information content (AvgIpc) is 2.62. The maximum Gasteiger partial charge on any atom is 0.136 e. The summed E-state index contributed by atoms with van der Waals surface area (Å²) in [7, 11) is 3.85. The molecule has 1 saturated heterocycles. The second-order valence-electron chi connectivity index (χ2n) is 5.79. The molecular formula is C19H23N3O. The third-order valence-electron chi connectivity index (χ3n) is 4.14. The molecule has 0 bridgehead atoms. The summed E-state index contributed by atoms with van der Waals surface area (Å²) in [6.45, 7) is 4.13. The molecule has 23 heavy (non-hydrogen) atoms. The van der Waals surface area contributed by atoms with Gasteiger partial charge in [-0.15, -0.1) is 0 Å². The monoisotopic (exact) mass is 309 g/mol. The predicted molar refractivity (Wildman–Crippen MR) is 94.7 cm³/mol. The Morgan fingerprint density at radius 2 is 1.57 bits per heavy atom. The highest BCUT2D eigenvalue weighted by atomic mass is 16.5. The highest BCUT2D eigenvalue weighted by molar-refractivity contribution is 6.00. The summed E-state index contributed by atoms with van der Waals surface area (Å²) in [5.74, 6) is 1.90. The van der Waals surface area contributed by atoms with E-state index in [0.29, 0.717) is 0 Å². The smallest absolute Gasteiger partial charge is 0.136 e. The number of piperazine rings is 1. The summed E-state index contributed by atoms with van der Waals surface area (Å²) in [5.41, 5.74) is 2.11. The van der Waals surface area contributed by atoms with Crippen molar-refractivity contribution >= 4 is 11.5 Å². The van der Waals surface area contributed by atoms with Crippen LogP contribution in [-0.2, 0) is 0 Å². The standard InChI is InChI=1S/C19H23N3O/c1-21-12-14-22(15-13-21)19(16-6-4-3-5-7-16)20-17-8-10-18(23-2)11-9-17/h3-11H,12-15H2,1-2H3. The van der Waals surface area contributed by atoms with E-state index < -0.39 is 0 Å². The van der Waals surface area contributed by atoms with Gasteiger partial charge >= 0.3 is 0 Å². The van der Waals surface area contributed by atoms with Gasteiger partial charge < -0.3 is 14.5 Å².